The maximum absolute atomic E-state index is 10.9. The number of amides is 1. The van der Waals surface area contributed by atoms with Gasteiger partial charge >= 0.3 is 6.09 Å². The number of carboxylic acid groups (broad SMARTS) is 1. The third-order valence-electron chi connectivity index (χ3n) is 1.79. The van der Waals surface area contributed by atoms with Gasteiger partial charge < -0.3 is 10.0 Å². The minimum Gasteiger partial charge on any atom is -0.465 e. The maximum atomic E-state index is 10.9. The summed E-state index contributed by atoms with van der Waals surface area (Å²) in [6.07, 6.45) is -0.00975. The maximum Gasteiger partial charge on any atom is 0.407 e. The molecule has 13 heavy (non-hydrogen) atoms. The molecule has 4 heteroatoms. The first-order chi connectivity index (χ1) is 5.75. The van der Waals surface area contributed by atoms with Gasteiger partial charge in [-0.1, -0.05) is 22.9 Å². The molecule has 0 rings (SSSR count). The summed E-state index contributed by atoms with van der Waals surface area (Å²) in [5, 5.41) is 8.93. The normalized spacial score (nSPS) is 13.9. The zero-order valence-electron chi connectivity index (χ0n) is 8.67. The second-order valence-corrected chi connectivity index (χ2v) is 5.74. The van der Waals surface area contributed by atoms with Gasteiger partial charge in [-0.3, -0.25) is 0 Å². The fourth-order valence-corrected chi connectivity index (χ4v) is 1.23. The van der Waals surface area contributed by atoms with Gasteiger partial charge in [0.25, 0.3) is 0 Å². The molecule has 1 N–H and O–H groups in total. The van der Waals surface area contributed by atoms with Crippen LogP contribution in [0.25, 0.3) is 0 Å². The highest BCUT2D eigenvalue weighted by Gasteiger charge is 2.25. The van der Waals surface area contributed by atoms with Crippen LogP contribution >= 0.6 is 15.9 Å². The summed E-state index contributed by atoms with van der Waals surface area (Å²) < 4.78 is 0. The van der Waals surface area contributed by atoms with Gasteiger partial charge in [0.1, 0.15) is 0 Å². The Morgan fingerprint density at radius 2 is 2.00 bits per heavy atom. The van der Waals surface area contributed by atoms with E-state index in [1.54, 1.807) is 0 Å². The first-order valence-corrected chi connectivity index (χ1v) is 5.31. The van der Waals surface area contributed by atoms with Crippen molar-refractivity contribution in [1.29, 1.82) is 0 Å². The lowest BCUT2D eigenvalue weighted by molar-refractivity contribution is 0.0997. The lowest BCUT2D eigenvalue weighted by Crippen LogP contribution is -2.45. The quantitative estimate of drug-likeness (QED) is 0.784. The van der Waals surface area contributed by atoms with Crippen LogP contribution in [0, 0.1) is 0 Å². The van der Waals surface area contributed by atoms with Crippen molar-refractivity contribution in [3.8, 4) is 0 Å². The van der Waals surface area contributed by atoms with Crippen molar-refractivity contribution in [2.45, 2.75) is 44.5 Å². The minimum atomic E-state index is -0.847. The van der Waals surface area contributed by atoms with Gasteiger partial charge in [-0.25, -0.2) is 4.79 Å². The number of hydrogen-bond donors (Lipinski definition) is 1. The summed E-state index contributed by atoms with van der Waals surface area (Å²) in [7, 11) is 0. The molecule has 0 aromatic heterocycles. The van der Waals surface area contributed by atoms with Gasteiger partial charge in [0.15, 0.2) is 0 Å². The van der Waals surface area contributed by atoms with Crippen LogP contribution in [0.4, 0.5) is 4.79 Å². The molecule has 0 aliphatic rings. The summed E-state index contributed by atoms with van der Waals surface area (Å²) in [4.78, 5) is 12.7. The van der Waals surface area contributed by atoms with Crippen molar-refractivity contribution in [1.82, 2.24) is 4.90 Å². The summed E-state index contributed by atoms with van der Waals surface area (Å²) in [6.45, 7) is 8.30. The number of hydrogen-bond acceptors (Lipinski definition) is 1. The lowest BCUT2D eigenvalue weighted by atomic mass is 10.1. The monoisotopic (exact) mass is 251 g/mol. The Bertz CT molecular complexity index is 175. The van der Waals surface area contributed by atoms with E-state index < -0.39 is 6.09 Å². The third kappa shape index (κ3) is 5.13. The molecule has 78 valence electrons. The predicted octanol–water partition coefficient (Wildman–Crippen LogP) is 2.94. The van der Waals surface area contributed by atoms with Crippen LogP contribution in [0.2, 0.25) is 0 Å². The zero-order chi connectivity index (χ0) is 10.6. The zero-order valence-corrected chi connectivity index (χ0v) is 10.3. The molecular formula is C9H18BrNO2. The van der Waals surface area contributed by atoms with E-state index in [1.807, 2.05) is 27.7 Å². The van der Waals surface area contributed by atoms with Gasteiger partial charge in [-0.05, 0) is 27.2 Å². The van der Waals surface area contributed by atoms with Crippen molar-refractivity contribution in [3.63, 3.8) is 0 Å². The van der Waals surface area contributed by atoms with Crippen molar-refractivity contribution < 1.29 is 9.90 Å². The van der Waals surface area contributed by atoms with Gasteiger partial charge in [-0.2, -0.15) is 0 Å². The lowest BCUT2D eigenvalue weighted by Gasteiger charge is -2.33. The van der Waals surface area contributed by atoms with Crippen LogP contribution in [0.1, 0.15) is 34.1 Å². The Morgan fingerprint density at radius 1 is 1.54 bits per heavy atom. The summed E-state index contributed by atoms with van der Waals surface area (Å²) in [6, 6.07) is 0. The van der Waals surface area contributed by atoms with E-state index in [4.69, 9.17) is 5.11 Å². The van der Waals surface area contributed by atoms with E-state index in [-0.39, 0.29) is 5.54 Å². The summed E-state index contributed by atoms with van der Waals surface area (Å²) in [5.41, 5.74) is -0.312. The molecule has 1 unspecified atom stereocenters. The molecule has 0 aliphatic heterocycles. The highest BCUT2D eigenvalue weighted by molar-refractivity contribution is 9.09. The summed E-state index contributed by atoms with van der Waals surface area (Å²) in [5.74, 6) is 0. The average Bonchev–Trinajstić information content (AvgIpc) is 1.81. The molecule has 0 aromatic rings. The molecule has 0 saturated carbocycles. The van der Waals surface area contributed by atoms with Crippen molar-refractivity contribution in [2.24, 2.45) is 0 Å². The number of alkyl halides is 1. The van der Waals surface area contributed by atoms with Crippen molar-refractivity contribution in [2.75, 3.05) is 6.54 Å². The van der Waals surface area contributed by atoms with Crippen LogP contribution < -0.4 is 0 Å². The Morgan fingerprint density at radius 3 is 2.23 bits per heavy atom. The largest absolute Gasteiger partial charge is 0.465 e. The van der Waals surface area contributed by atoms with E-state index in [1.165, 1.54) is 4.90 Å². The summed E-state index contributed by atoms with van der Waals surface area (Å²) >= 11 is 3.40. The minimum absolute atomic E-state index is 0.312. The molecule has 1 atom stereocenters. The fourth-order valence-electron chi connectivity index (χ4n) is 1.02. The van der Waals surface area contributed by atoms with Gasteiger partial charge in [0, 0.05) is 16.9 Å². The molecular weight excluding hydrogens is 234 g/mol. The molecule has 0 radical (unpaired) electrons. The Labute approximate surface area is 88.2 Å². The second-order valence-electron chi connectivity index (χ2n) is 4.17. The SMILES string of the molecule is CC(Br)CCN(C(=O)O)C(C)(C)C. The molecule has 3 nitrogen and oxygen atoms in total. The first-order valence-electron chi connectivity index (χ1n) is 4.39. The molecule has 0 heterocycles. The number of carbonyl (C=O) groups is 1. The number of halogens is 1. The Kier molecular flexibility index (Phi) is 4.75. The van der Waals surface area contributed by atoms with Crippen LogP contribution in [0.5, 0.6) is 0 Å². The van der Waals surface area contributed by atoms with Gasteiger partial charge in [-0.15, -0.1) is 0 Å². The van der Waals surface area contributed by atoms with E-state index >= 15 is 0 Å². The molecule has 1 amide bonds. The molecule has 0 saturated heterocycles. The highest BCUT2D eigenvalue weighted by Crippen LogP contribution is 2.15. The molecule has 0 aliphatic carbocycles. The third-order valence-corrected chi connectivity index (χ3v) is 2.25. The molecule has 0 bridgehead atoms. The van der Waals surface area contributed by atoms with Gasteiger partial charge in [0.05, 0.1) is 0 Å². The van der Waals surface area contributed by atoms with E-state index in [2.05, 4.69) is 15.9 Å². The Hall–Kier alpha value is -0.250. The van der Waals surface area contributed by atoms with E-state index in [9.17, 15) is 4.79 Å². The smallest absolute Gasteiger partial charge is 0.407 e. The predicted molar refractivity (Wildman–Crippen MR) is 57.5 cm³/mol. The van der Waals surface area contributed by atoms with E-state index in [0.29, 0.717) is 11.4 Å². The standard InChI is InChI=1S/C9H18BrNO2/c1-7(10)5-6-11(8(12)13)9(2,3)4/h7H,5-6H2,1-4H3,(H,12,13). The van der Waals surface area contributed by atoms with Crippen LogP contribution in [-0.4, -0.2) is 33.0 Å². The van der Waals surface area contributed by atoms with Crippen molar-refractivity contribution in [3.05, 3.63) is 0 Å². The average molecular weight is 252 g/mol. The van der Waals surface area contributed by atoms with Crippen LogP contribution in [-0.2, 0) is 0 Å². The van der Waals surface area contributed by atoms with Crippen LogP contribution in [0.3, 0.4) is 0 Å². The van der Waals surface area contributed by atoms with Gasteiger partial charge in [0.2, 0.25) is 0 Å². The second kappa shape index (κ2) is 4.84. The number of nitrogens with zero attached hydrogens (tertiary/aromatic N) is 1. The number of rotatable bonds is 3. The molecule has 0 fully saturated rings. The Balaban J connectivity index is 4.20. The fraction of sp³-hybridized carbons (Fsp3) is 0.889. The molecule has 0 aromatic carbocycles. The highest BCUT2D eigenvalue weighted by atomic mass is 79.9. The molecule has 0 spiro atoms. The van der Waals surface area contributed by atoms with Crippen molar-refractivity contribution >= 4 is 22.0 Å². The van der Waals surface area contributed by atoms with E-state index in [0.717, 1.165) is 6.42 Å². The topological polar surface area (TPSA) is 40.5 Å². The first kappa shape index (κ1) is 12.8. The van der Waals surface area contributed by atoms with Crippen LogP contribution in [0.15, 0.2) is 0 Å².